The Morgan fingerprint density at radius 2 is 1.85 bits per heavy atom. The van der Waals surface area contributed by atoms with Crippen molar-refractivity contribution >= 4 is 40.3 Å². The van der Waals surface area contributed by atoms with E-state index in [1.165, 1.54) is 11.3 Å². The fourth-order valence-electron chi connectivity index (χ4n) is 2.40. The summed E-state index contributed by atoms with van der Waals surface area (Å²) in [5, 5.41) is 7.82. The molecule has 0 spiro atoms. The molecule has 134 valence electrons. The molecule has 7 heteroatoms. The minimum Gasteiger partial charge on any atom is -0.452 e. The van der Waals surface area contributed by atoms with Crippen molar-refractivity contribution in [2.75, 3.05) is 0 Å². The molecule has 0 aliphatic carbocycles. The van der Waals surface area contributed by atoms with Gasteiger partial charge in [-0.2, -0.15) is 4.98 Å². The Morgan fingerprint density at radius 3 is 2.59 bits per heavy atom. The molecule has 0 aliphatic rings. The van der Waals surface area contributed by atoms with E-state index in [4.69, 9.17) is 9.26 Å². The summed E-state index contributed by atoms with van der Waals surface area (Å²) in [6.07, 6.45) is 1.84. The molecule has 0 unspecified atom stereocenters. The maximum Gasteiger partial charge on any atom is 0.340 e. The van der Waals surface area contributed by atoms with Crippen LogP contribution in [0, 0.1) is 0 Å². The van der Waals surface area contributed by atoms with Gasteiger partial charge in [-0.05, 0) is 29.0 Å². The number of hydrogen-bond acceptors (Lipinski definition) is 7. The highest BCUT2D eigenvalue weighted by Gasteiger charge is 2.17. The van der Waals surface area contributed by atoms with Gasteiger partial charge in [0.05, 0.1) is 5.57 Å². The zero-order valence-corrected chi connectivity index (χ0v) is 15.7. The van der Waals surface area contributed by atoms with Gasteiger partial charge >= 0.3 is 5.97 Å². The van der Waals surface area contributed by atoms with E-state index in [9.17, 15) is 4.79 Å². The third kappa shape index (κ3) is 4.21. The summed E-state index contributed by atoms with van der Waals surface area (Å²) in [5.41, 5.74) is 1.35. The third-order valence-corrected chi connectivity index (χ3v) is 5.39. The molecule has 0 amide bonds. The van der Waals surface area contributed by atoms with Gasteiger partial charge in [0.15, 0.2) is 6.61 Å². The Hall–Kier alpha value is -3.03. The highest BCUT2D eigenvalue weighted by atomic mass is 32.1. The Morgan fingerprint density at radius 1 is 1.04 bits per heavy atom. The predicted molar refractivity (Wildman–Crippen MR) is 106 cm³/mol. The molecule has 1 aromatic carbocycles. The van der Waals surface area contributed by atoms with Crippen LogP contribution in [-0.2, 0) is 16.1 Å². The van der Waals surface area contributed by atoms with E-state index < -0.39 is 5.97 Å². The molecule has 0 aliphatic heterocycles. The number of carbonyl (C=O) groups is 1. The highest BCUT2D eigenvalue weighted by Crippen LogP contribution is 2.26. The number of carbonyl (C=O) groups excluding carboxylic acids is 1. The molecule has 0 atom stereocenters. The maximum absolute atomic E-state index is 12.6. The Labute approximate surface area is 163 Å². The molecule has 0 bridgehead atoms. The molecule has 0 N–H and O–H groups in total. The smallest absolute Gasteiger partial charge is 0.340 e. The highest BCUT2D eigenvalue weighted by molar-refractivity contribution is 7.12. The molecule has 0 saturated heterocycles. The molecule has 3 aromatic heterocycles. The molecular weight excluding hydrogens is 380 g/mol. The first kappa shape index (κ1) is 17.4. The van der Waals surface area contributed by atoms with Crippen molar-refractivity contribution in [3.8, 4) is 11.4 Å². The number of esters is 1. The SMILES string of the molecule is O=C(OCc1nc(-c2ccccc2)no1)/C(=C/c1cccs1)c1cccs1. The first-order chi connectivity index (χ1) is 13.3. The van der Waals surface area contributed by atoms with Gasteiger partial charge in [0.1, 0.15) is 0 Å². The minimum atomic E-state index is -0.426. The molecule has 4 aromatic rings. The van der Waals surface area contributed by atoms with E-state index in [-0.39, 0.29) is 12.5 Å². The van der Waals surface area contributed by atoms with Crippen LogP contribution in [0.2, 0.25) is 0 Å². The van der Waals surface area contributed by atoms with Crippen LogP contribution in [-0.4, -0.2) is 16.1 Å². The number of hydrogen-bond donors (Lipinski definition) is 0. The van der Waals surface area contributed by atoms with E-state index in [0.717, 1.165) is 15.3 Å². The van der Waals surface area contributed by atoms with Crippen LogP contribution in [0.3, 0.4) is 0 Å². The van der Waals surface area contributed by atoms with Gasteiger partial charge < -0.3 is 9.26 Å². The van der Waals surface area contributed by atoms with Crippen molar-refractivity contribution in [3.05, 3.63) is 81.0 Å². The van der Waals surface area contributed by atoms with Crippen LogP contribution in [0.1, 0.15) is 15.6 Å². The van der Waals surface area contributed by atoms with E-state index >= 15 is 0 Å². The van der Waals surface area contributed by atoms with Gasteiger partial charge in [-0.3, -0.25) is 0 Å². The van der Waals surface area contributed by atoms with Crippen LogP contribution in [0.15, 0.2) is 69.9 Å². The van der Waals surface area contributed by atoms with Crippen molar-refractivity contribution in [1.29, 1.82) is 0 Å². The summed E-state index contributed by atoms with van der Waals surface area (Å²) in [5.74, 6) is 0.295. The van der Waals surface area contributed by atoms with Gasteiger partial charge in [-0.15, -0.1) is 22.7 Å². The van der Waals surface area contributed by atoms with Gasteiger partial charge in [0.25, 0.3) is 5.89 Å². The first-order valence-corrected chi connectivity index (χ1v) is 9.90. The number of aromatic nitrogens is 2. The predicted octanol–water partition coefficient (Wildman–Crippen LogP) is 5.14. The van der Waals surface area contributed by atoms with Gasteiger partial charge in [0, 0.05) is 15.3 Å². The van der Waals surface area contributed by atoms with Gasteiger partial charge in [0.2, 0.25) is 5.82 Å². The second-order valence-corrected chi connectivity index (χ2v) is 7.43. The van der Waals surface area contributed by atoms with E-state index in [1.807, 2.05) is 71.4 Å². The van der Waals surface area contributed by atoms with Crippen LogP contribution >= 0.6 is 22.7 Å². The second kappa shape index (κ2) is 8.11. The lowest BCUT2D eigenvalue weighted by molar-refractivity contribution is -0.138. The van der Waals surface area contributed by atoms with Crippen LogP contribution < -0.4 is 0 Å². The summed E-state index contributed by atoms with van der Waals surface area (Å²) >= 11 is 3.05. The summed E-state index contributed by atoms with van der Waals surface area (Å²) in [6, 6.07) is 17.2. The average Bonchev–Trinajstić information content (AvgIpc) is 3.47. The van der Waals surface area contributed by atoms with Crippen LogP contribution in [0.25, 0.3) is 23.0 Å². The normalized spacial score (nSPS) is 11.5. The van der Waals surface area contributed by atoms with Gasteiger partial charge in [-0.25, -0.2) is 4.79 Å². The second-order valence-electron chi connectivity index (χ2n) is 5.50. The summed E-state index contributed by atoms with van der Waals surface area (Å²) in [6.45, 7) is -0.0776. The quantitative estimate of drug-likeness (QED) is 0.334. The lowest BCUT2D eigenvalue weighted by Crippen LogP contribution is -2.06. The van der Waals surface area contributed by atoms with Crippen molar-refractivity contribution in [2.24, 2.45) is 0 Å². The van der Waals surface area contributed by atoms with Crippen molar-refractivity contribution < 1.29 is 14.1 Å². The van der Waals surface area contributed by atoms with E-state index in [1.54, 1.807) is 11.3 Å². The Kier molecular flexibility index (Phi) is 5.22. The van der Waals surface area contributed by atoms with E-state index in [0.29, 0.717) is 11.4 Å². The third-order valence-electron chi connectivity index (χ3n) is 3.66. The molecule has 3 heterocycles. The Balaban J connectivity index is 1.48. The first-order valence-electron chi connectivity index (χ1n) is 8.14. The van der Waals surface area contributed by atoms with Crippen molar-refractivity contribution in [1.82, 2.24) is 10.1 Å². The van der Waals surface area contributed by atoms with Gasteiger partial charge in [-0.1, -0.05) is 47.6 Å². The average molecular weight is 394 g/mol. The lowest BCUT2D eigenvalue weighted by atomic mass is 10.2. The molecule has 27 heavy (non-hydrogen) atoms. The molecule has 0 fully saturated rings. The number of benzene rings is 1. The number of rotatable bonds is 6. The van der Waals surface area contributed by atoms with Crippen molar-refractivity contribution in [2.45, 2.75) is 6.61 Å². The molecular formula is C20H14N2O3S2. The largest absolute Gasteiger partial charge is 0.452 e. The standard InChI is InChI=1S/C20H14N2O3S2/c23-20(16(17-9-5-11-27-17)12-15-8-4-10-26-15)24-13-18-21-19(22-25-18)14-6-2-1-3-7-14/h1-12H,13H2/b16-12+. The molecule has 5 nitrogen and oxygen atoms in total. The number of nitrogens with zero attached hydrogens (tertiary/aromatic N) is 2. The van der Waals surface area contributed by atoms with E-state index in [2.05, 4.69) is 10.1 Å². The minimum absolute atomic E-state index is 0.0776. The summed E-state index contributed by atoms with van der Waals surface area (Å²) in [7, 11) is 0. The molecule has 0 saturated carbocycles. The fourth-order valence-corrected chi connectivity index (χ4v) is 3.79. The molecule has 0 radical (unpaired) electrons. The van der Waals surface area contributed by atoms with Crippen LogP contribution in [0.4, 0.5) is 0 Å². The zero-order valence-electron chi connectivity index (χ0n) is 14.1. The molecule has 4 rings (SSSR count). The summed E-state index contributed by atoms with van der Waals surface area (Å²) < 4.78 is 10.6. The Bertz CT molecular complexity index is 1040. The monoisotopic (exact) mass is 394 g/mol. The van der Waals surface area contributed by atoms with Crippen molar-refractivity contribution in [3.63, 3.8) is 0 Å². The number of thiophene rings is 2. The van der Waals surface area contributed by atoms with Crippen LogP contribution in [0.5, 0.6) is 0 Å². The number of ether oxygens (including phenoxy) is 1. The zero-order chi connectivity index (χ0) is 18.5. The summed E-state index contributed by atoms with van der Waals surface area (Å²) in [4.78, 5) is 18.8. The topological polar surface area (TPSA) is 65.2 Å². The maximum atomic E-state index is 12.6. The lowest BCUT2D eigenvalue weighted by Gasteiger charge is -2.05. The fraction of sp³-hybridized carbons (Fsp3) is 0.0500.